The van der Waals surface area contributed by atoms with Gasteiger partial charge in [0.15, 0.2) is 0 Å². The van der Waals surface area contributed by atoms with Crippen LogP contribution >= 0.6 is 0 Å². The Morgan fingerprint density at radius 1 is 1.21 bits per heavy atom. The Bertz CT molecular complexity index is 917. The molecular weight excluding hydrogens is 358 g/mol. The zero-order chi connectivity index (χ0) is 20.1. The summed E-state index contributed by atoms with van der Waals surface area (Å²) in [7, 11) is 0. The molecule has 3 aromatic rings. The molecule has 0 fully saturated rings. The van der Waals surface area contributed by atoms with Crippen molar-refractivity contribution < 1.29 is 13.7 Å². The molecule has 0 unspecified atom stereocenters. The molecule has 8 heteroatoms. The lowest BCUT2D eigenvalue weighted by Gasteiger charge is -2.18. The molecule has 8 nitrogen and oxygen atoms in total. The first-order chi connectivity index (χ1) is 13.5. The van der Waals surface area contributed by atoms with Gasteiger partial charge >= 0.3 is 0 Å². The zero-order valence-electron chi connectivity index (χ0n) is 16.6. The van der Waals surface area contributed by atoms with Gasteiger partial charge in [-0.15, -0.1) is 10.2 Å². The number of nitrogens with one attached hydrogen (secondary N) is 1. The normalized spacial score (nSPS) is 11.4. The van der Waals surface area contributed by atoms with Gasteiger partial charge in [0, 0.05) is 11.6 Å². The van der Waals surface area contributed by atoms with Crippen molar-refractivity contribution in [1.29, 1.82) is 0 Å². The SMILES string of the molecule is CCN(CC(=O)NC(C)C)Cc1nnc(-c2c(-c3ccccc3)noc2C)o1. The summed E-state index contributed by atoms with van der Waals surface area (Å²) in [5.41, 5.74) is 2.26. The van der Waals surface area contributed by atoms with Crippen LogP contribution in [0.2, 0.25) is 0 Å². The van der Waals surface area contributed by atoms with Crippen LogP contribution in [0.1, 0.15) is 32.4 Å². The van der Waals surface area contributed by atoms with Crippen molar-refractivity contribution in [3.63, 3.8) is 0 Å². The highest BCUT2D eigenvalue weighted by molar-refractivity contribution is 5.78. The van der Waals surface area contributed by atoms with E-state index < -0.39 is 0 Å². The van der Waals surface area contributed by atoms with Gasteiger partial charge in [0.25, 0.3) is 5.89 Å². The Morgan fingerprint density at radius 3 is 2.64 bits per heavy atom. The fourth-order valence-corrected chi connectivity index (χ4v) is 2.88. The summed E-state index contributed by atoms with van der Waals surface area (Å²) in [5, 5.41) is 15.4. The third kappa shape index (κ3) is 4.64. The maximum Gasteiger partial charge on any atom is 0.253 e. The second-order valence-corrected chi connectivity index (χ2v) is 6.85. The van der Waals surface area contributed by atoms with E-state index in [1.807, 2.05) is 62.9 Å². The Balaban J connectivity index is 1.78. The molecular formula is C20H25N5O3. The molecule has 0 atom stereocenters. The summed E-state index contributed by atoms with van der Waals surface area (Å²) in [6.07, 6.45) is 0. The van der Waals surface area contributed by atoms with Crippen molar-refractivity contribution in [3.05, 3.63) is 42.0 Å². The van der Waals surface area contributed by atoms with Crippen molar-refractivity contribution >= 4 is 5.91 Å². The summed E-state index contributed by atoms with van der Waals surface area (Å²) in [6.45, 7) is 9.01. The van der Waals surface area contributed by atoms with Crippen LogP contribution in [0, 0.1) is 6.92 Å². The van der Waals surface area contributed by atoms with E-state index in [1.165, 1.54) is 0 Å². The molecule has 2 heterocycles. The molecule has 0 saturated carbocycles. The smallest absolute Gasteiger partial charge is 0.253 e. The van der Waals surface area contributed by atoms with Gasteiger partial charge in [-0.1, -0.05) is 42.4 Å². The van der Waals surface area contributed by atoms with Crippen LogP contribution in [-0.2, 0) is 11.3 Å². The third-order valence-corrected chi connectivity index (χ3v) is 4.21. The molecule has 148 valence electrons. The number of aryl methyl sites for hydroxylation is 1. The number of nitrogens with zero attached hydrogens (tertiary/aromatic N) is 4. The minimum absolute atomic E-state index is 0.0298. The largest absolute Gasteiger partial charge is 0.419 e. The maximum atomic E-state index is 12.0. The van der Waals surface area contributed by atoms with Gasteiger partial charge in [-0.3, -0.25) is 9.69 Å². The molecule has 0 aliphatic rings. The second kappa shape index (κ2) is 8.79. The number of carbonyl (C=O) groups is 1. The van der Waals surface area contributed by atoms with E-state index in [4.69, 9.17) is 8.94 Å². The minimum Gasteiger partial charge on any atom is -0.419 e. The molecule has 0 saturated heterocycles. The van der Waals surface area contributed by atoms with Crippen LogP contribution in [0.3, 0.4) is 0 Å². The molecule has 28 heavy (non-hydrogen) atoms. The maximum absolute atomic E-state index is 12.0. The number of aromatic nitrogens is 3. The first kappa shape index (κ1) is 19.8. The highest BCUT2D eigenvalue weighted by atomic mass is 16.5. The fourth-order valence-electron chi connectivity index (χ4n) is 2.88. The van der Waals surface area contributed by atoms with Gasteiger partial charge in [-0.25, -0.2) is 0 Å². The molecule has 0 aliphatic heterocycles. The fraction of sp³-hybridized carbons (Fsp3) is 0.400. The quantitative estimate of drug-likeness (QED) is 0.638. The van der Waals surface area contributed by atoms with Gasteiger partial charge in [0.05, 0.1) is 13.1 Å². The number of amides is 1. The standard InChI is InChI=1S/C20H25N5O3/c1-5-25(11-16(26)21-13(2)3)12-17-22-23-20(27-17)18-14(4)28-24-19(18)15-9-7-6-8-10-15/h6-10,13H,5,11-12H2,1-4H3,(H,21,26). The van der Waals surface area contributed by atoms with E-state index in [9.17, 15) is 4.79 Å². The predicted molar refractivity (Wildman–Crippen MR) is 104 cm³/mol. The summed E-state index contributed by atoms with van der Waals surface area (Å²) < 4.78 is 11.2. The average Bonchev–Trinajstić information content (AvgIpc) is 3.27. The second-order valence-electron chi connectivity index (χ2n) is 6.85. The zero-order valence-corrected chi connectivity index (χ0v) is 16.6. The summed E-state index contributed by atoms with van der Waals surface area (Å²) in [5.74, 6) is 1.37. The molecule has 0 radical (unpaired) electrons. The van der Waals surface area contributed by atoms with Gasteiger partial charge in [-0.2, -0.15) is 0 Å². The average molecular weight is 383 g/mol. The Kier molecular flexibility index (Phi) is 6.20. The highest BCUT2D eigenvalue weighted by Gasteiger charge is 2.22. The van der Waals surface area contributed by atoms with Crippen molar-refractivity contribution in [3.8, 4) is 22.7 Å². The summed E-state index contributed by atoms with van der Waals surface area (Å²) in [6, 6.07) is 9.81. The summed E-state index contributed by atoms with van der Waals surface area (Å²) >= 11 is 0. The van der Waals surface area contributed by atoms with E-state index in [-0.39, 0.29) is 18.5 Å². The number of hydrogen-bond acceptors (Lipinski definition) is 7. The van der Waals surface area contributed by atoms with E-state index in [0.29, 0.717) is 41.9 Å². The van der Waals surface area contributed by atoms with Crippen molar-refractivity contribution in [2.45, 2.75) is 40.3 Å². The van der Waals surface area contributed by atoms with E-state index in [0.717, 1.165) is 5.56 Å². The molecule has 2 aromatic heterocycles. The van der Waals surface area contributed by atoms with Crippen molar-refractivity contribution in [1.82, 2.24) is 25.6 Å². The van der Waals surface area contributed by atoms with Crippen molar-refractivity contribution in [2.24, 2.45) is 0 Å². The van der Waals surface area contributed by atoms with Crippen LogP contribution < -0.4 is 5.32 Å². The van der Waals surface area contributed by atoms with Crippen LogP contribution in [0.25, 0.3) is 22.7 Å². The summed E-state index contributed by atoms with van der Waals surface area (Å²) in [4.78, 5) is 13.9. The number of carbonyl (C=O) groups excluding carboxylic acids is 1. The van der Waals surface area contributed by atoms with Gasteiger partial charge in [-0.05, 0) is 27.3 Å². The first-order valence-corrected chi connectivity index (χ1v) is 9.34. The lowest BCUT2D eigenvalue weighted by molar-refractivity contribution is -0.122. The lowest BCUT2D eigenvalue weighted by atomic mass is 10.1. The molecule has 0 bridgehead atoms. The molecule has 1 aromatic carbocycles. The molecule has 0 spiro atoms. The predicted octanol–water partition coefficient (Wildman–Crippen LogP) is 3.05. The van der Waals surface area contributed by atoms with Gasteiger partial charge in [0.1, 0.15) is 17.0 Å². The van der Waals surface area contributed by atoms with Crippen LogP contribution in [0.15, 0.2) is 39.3 Å². The lowest BCUT2D eigenvalue weighted by Crippen LogP contribution is -2.39. The van der Waals surface area contributed by atoms with E-state index >= 15 is 0 Å². The molecule has 3 rings (SSSR count). The molecule has 1 N–H and O–H groups in total. The number of benzene rings is 1. The topological polar surface area (TPSA) is 97.3 Å². The van der Waals surface area contributed by atoms with Crippen molar-refractivity contribution in [2.75, 3.05) is 13.1 Å². The first-order valence-electron chi connectivity index (χ1n) is 9.34. The number of rotatable bonds is 8. The van der Waals surface area contributed by atoms with Gasteiger partial charge < -0.3 is 14.3 Å². The number of hydrogen-bond donors (Lipinski definition) is 1. The van der Waals surface area contributed by atoms with Gasteiger partial charge in [0.2, 0.25) is 11.8 Å². The highest BCUT2D eigenvalue weighted by Crippen LogP contribution is 2.33. The van der Waals surface area contributed by atoms with Crippen LogP contribution in [-0.4, -0.2) is 45.3 Å². The Hall–Kier alpha value is -3.00. The Labute approximate surface area is 163 Å². The van der Waals surface area contributed by atoms with Crippen LogP contribution in [0.5, 0.6) is 0 Å². The Morgan fingerprint density at radius 2 is 1.96 bits per heavy atom. The molecule has 1 amide bonds. The molecule has 0 aliphatic carbocycles. The number of likely N-dealkylation sites (N-methyl/N-ethyl adjacent to an activating group) is 1. The minimum atomic E-state index is -0.0298. The van der Waals surface area contributed by atoms with E-state index in [2.05, 4.69) is 20.7 Å². The van der Waals surface area contributed by atoms with Crippen LogP contribution in [0.4, 0.5) is 0 Å². The van der Waals surface area contributed by atoms with E-state index in [1.54, 1.807) is 0 Å². The third-order valence-electron chi connectivity index (χ3n) is 4.21. The monoisotopic (exact) mass is 383 g/mol.